The third-order valence-electron chi connectivity index (χ3n) is 3.78. The van der Waals surface area contributed by atoms with Gasteiger partial charge >= 0.3 is 0 Å². The van der Waals surface area contributed by atoms with Crippen molar-refractivity contribution in [3.63, 3.8) is 0 Å². The van der Waals surface area contributed by atoms with Crippen LogP contribution in [0.4, 0.5) is 0 Å². The molecule has 0 fully saturated rings. The van der Waals surface area contributed by atoms with Crippen LogP contribution in [0.15, 0.2) is 36.7 Å². The summed E-state index contributed by atoms with van der Waals surface area (Å²) in [4.78, 5) is 0. The van der Waals surface area contributed by atoms with E-state index < -0.39 is 5.60 Å². The number of nitrogens with zero attached hydrogens (tertiary/aromatic N) is 2. The third kappa shape index (κ3) is 1.66. The van der Waals surface area contributed by atoms with Gasteiger partial charge in [-0.25, -0.2) is 0 Å². The Morgan fingerprint density at radius 2 is 2.22 bits per heavy atom. The van der Waals surface area contributed by atoms with Gasteiger partial charge in [-0.15, -0.1) is 0 Å². The van der Waals surface area contributed by atoms with E-state index in [0.29, 0.717) is 0 Å². The van der Waals surface area contributed by atoms with Crippen molar-refractivity contribution >= 4 is 0 Å². The number of benzene rings is 1. The summed E-state index contributed by atoms with van der Waals surface area (Å²) in [5.74, 6) is 0. The molecule has 94 valence electrons. The van der Waals surface area contributed by atoms with Crippen LogP contribution in [-0.4, -0.2) is 14.9 Å². The summed E-state index contributed by atoms with van der Waals surface area (Å²) < 4.78 is 1.91. The third-order valence-corrected chi connectivity index (χ3v) is 3.78. The van der Waals surface area contributed by atoms with Gasteiger partial charge in [0.05, 0.1) is 6.20 Å². The Labute approximate surface area is 107 Å². The summed E-state index contributed by atoms with van der Waals surface area (Å²) in [5.41, 5.74) is 2.37. The molecule has 1 aliphatic rings. The zero-order valence-electron chi connectivity index (χ0n) is 10.6. The topological polar surface area (TPSA) is 38.0 Å². The van der Waals surface area contributed by atoms with Gasteiger partial charge in [0.15, 0.2) is 0 Å². The monoisotopic (exact) mass is 242 g/mol. The first-order valence-corrected chi connectivity index (χ1v) is 6.58. The maximum Gasteiger partial charge on any atom is 0.118 e. The van der Waals surface area contributed by atoms with E-state index in [1.54, 1.807) is 6.20 Å². The van der Waals surface area contributed by atoms with Crippen LogP contribution in [0.25, 0.3) is 0 Å². The quantitative estimate of drug-likeness (QED) is 0.898. The van der Waals surface area contributed by atoms with Gasteiger partial charge in [-0.3, -0.25) is 4.68 Å². The Morgan fingerprint density at radius 1 is 1.39 bits per heavy atom. The van der Waals surface area contributed by atoms with Crippen molar-refractivity contribution in [2.45, 2.75) is 38.3 Å². The average molecular weight is 242 g/mol. The summed E-state index contributed by atoms with van der Waals surface area (Å²) in [6.45, 7) is 3.03. The fourth-order valence-corrected chi connectivity index (χ4v) is 2.82. The van der Waals surface area contributed by atoms with Gasteiger partial charge in [0.2, 0.25) is 0 Å². The largest absolute Gasteiger partial charge is 0.380 e. The highest BCUT2D eigenvalue weighted by atomic mass is 16.3. The van der Waals surface area contributed by atoms with Gasteiger partial charge in [-0.1, -0.05) is 31.2 Å². The standard InChI is InChI=1S/C15H18N2O/c1-2-9-17-11-13(10-16-17)15(18)8-7-12-5-3-4-6-14(12)15/h3-6,10-11,18H,2,7-9H2,1H3. The first-order chi connectivity index (χ1) is 8.74. The van der Waals surface area contributed by atoms with Crippen LogP contribution in [0.2, 0.25) is 0 Å². The lowest BCUT2D eigenvalue weighted by Crippen LogP contribution is -2.23. The molecule has 0 saturated heterocycles. The van der Waals surface area contributed by atoms with Crippen molar-refractivity contribution in [3.05, 3.63) is 53.3 Å². The van der Waals surface area contributed by atoms with E-state index in [1.807, 2.05) is 29.1 Å². The van der Waals surface area contributed by atoms with Gasteiger partial charge in [0.25, 0.3) is 0 Å². The summed E-state index contributed by atoms with van der Waals surface area (Å²) in [5, 5.41) is 15.3. The summed E-state index contributed by atoms with van der Waals surface area (Å²) >= 11 is 0. The molecule has 1 aromatic carbocycles. The fraction of sp³-hybridized carbons (Fsp3) is 0.400. The van der Waals surface area contributed by atoms with E-state index in [-0.39, 0.29) is 0 Å². The van der Waals surface area contributed by atoms with Crippen molar-refractivity contribution in [1.29, 1.82) is 0 Å². The molecule has 1 unspecified atom stereocenters. The highest BCUT2D eigenvalue weighted by Gasteiger charge is 2.38. The minimum absolute atomic E-state index is 0.754. The van der Waals surface area contributed by atoms with Crippen LogP contribution in [0.5, 0.6) is 0 Å². The number of rotatable bonds is 3. The van der Waals surface area contributed by atoms with Crippen molar-refractivity contribution in [2.75, 3.05) is 0 Å². The second-order valence-electron chi connectivity index (χ2n) is 5.01. The summed E-state index contributed by atoms with van der Waals surface area (Å²) in [6, 6.07) is 8.15. The first-order valence-electron chi connectivity index (χ1n) is 6.58. The molecular formula is C15H18N2O. The Hall–Kier alpha value is -1.61. The van der Waals surface area contributed by atoms with Crippen LogP contribution in [0.3, 0.4) is 0 Å². The smallest absolute Gasteiger partial charge is 0.118 e. The molecule has 3 heteroatoms. The Balaban J connectivity index is 2.00. The highest BCUT2D eigenvalue weighted by Crippen LogP contribution is 2.41. The Kier molecular flexibility index (Phi) is 2.71. The lowest BCUT2D eigenvalue weighted by molar-refractivity contribution is 0.0828. The molecule has 18 heavy (non-hydrogen) atoms. The molecule has 1 aliphatic carbocycles. The maximum atomic E-state index is 10.9. The predicted octanol–water partition coefficient (Wildman–Crippen LogP) is 2.48. The summed E-state index contributed by atoms with van der Waals surface area (Å²) in [7, 11) is 0. The molecule has 3 rings (SSSR count). The van der Waals surface area contributed by atoms with E-state index in [2.05, 4.69) is 18.1 Å². The van der Waals surface area contributed by atoms with Crippen LogP contribution in [0.1, 0.15) is 36.5 Å². The van der Waals surface area contributed by atoms with Crippen LogP contribution in [-0.2, 0) is 18.6 Å². The maximum absolute atomic E-state index is 10.9. The van der Waals surface area contributed by atoms with Crippen molar-refractivity contribution in [2.24, 2.45) is 0 Å². The Morgan fingerprint density at radius 3 is 3.06 bits per heavy atom. The van der Waals surface area contributed by atoms with Gasteiger partial charge in [0, 0.05) is 18.3 Å². The zero-order valence-corrected chi connectivity index (χ0v) is 10.6. The minimum atomic E-state index is -0.845. The Bertz CT molecular complexity index is 561. The normalized spacial score (nSPS) is 22.1. The lowest BCUT2D eigenvalue weighted by atomic mass is 9.90. The number of aryl methyl sites for hydroxylation is 2. The van der Waals surface area contributed by atoms with Crippen molar-refractivity contribution in [3.8, 4) is 0 Å². The molecule has 0 spiro atoms. The molecule has 0 bridgehead atoms. The lowest BCUT2D eigenvalue weighted by Gasteiger charge is -2.22. The van der Waals surface area contributed by atoms with Crippen molar-refractivity contribution in [1.82, 2.24) is 9.78 Å². The zero-order chi connectivity index (χ0) is 12.6. The molecule has 1 atom stereocenters. The average Bonchev–Trinajstić information content (AvgIpc) is 2.97. The van der Waals surface area contributed by atoms with E-state index in [9.17, 15) is 5.11 Å². The predicted molar refractivity (Wildman–Crippen MR) is 70.3 cm³/mol. The SMILES string of the molecule is CCCn1cc(C2(O)CCc3ccccc32)cn1. The fourth-order valence-electron chi connectivity index (χ4n) is 2.82. The molecule has 0 aliphatic heterocycles. The number of fused-ring (bicyclic) bond motifs is 1. The number of aromatic nitrogens is 2. The van der Waals surface area contributed by atoms with Gasteiger partial charge in [-0.05, 0) is 30.4 Å². The molecule has 3 nitrogen and oxygen atoms in total. The van der Waals surface area contributed by atoms with Crippen LogP contribution >= 0.6 is 0 Å². The van der Waals surface area contributed by atoms with E-state index in [0.717, 1.165) is 36.9 Å². The molecule has 0 radical (unpaired) electrons. The summed E-state index contributed by atoms with van der Waals surface area (Å²) in [6.07, 6.45) is 6.52. The second-order valence-corrected chi connectivity index (χ2v) is 5.01. The van der Waals surface area contributed by atoms with Crippen LogP contribution < -0.4 is 0 Å². The molecule has 1 aromatic heterocycles. The second kappa shape index (κ2) is 4.25. The molecule has 0 amide bonds. The molecule has 0 saturated carbocycles. The number of aliphatic hydroxyl groups is 1. The first kappa shape index (κ1) is 11.5. The van der Waals surface area contributed by atoms with Crippen LogP contribution in [0, 0.1) is 0 Å². The van der Waals surface area contributed by atoms with E-state index in [1.165, 1.54) is 5.56 Å². The minimum Gasteiger partial charge on any atom is -0.380 e. The molecule has 2 aromatic rings. The van der Waals surface area contributed by atoms with Crippen molar-refractivity contribution < 1.29 is 5.11 Å². The number of hydrogen-bond acceptors (Lipinski definition) is 2. The number of hydrogen-bond donors (Lipinski definition) is 1. The van der Waals surface area contributed by atoms with Gasteiger partial charge in [0.1, 0.15) is 5.60 Å². The van der Waals surface area contributed by atoms with Gasteiger partial charge in [-0.2, -0.15) is 5.10 Å². The van der Waals surface area contributed by atoms with E-state index >= 15 is 0 Å². The van der Waals surface area contributed by atoms with E-state index in [4.69, 9.17) is 0 Å². The molecule has 1 N–H and O–H groups in total. The van der Waals surface area contributed by atoms with Gasteiger partial charge < -0.3 is 5.11 Å². The molecular weight excluding hydrogens is 224 g/mol. The highest BCUT2D eigenvalue weighted by molar-refractivity contribution is 5.43. The molecule has 1 heterocycles.